The molecular formula is C12H12N2O. The lowest BCUT2D eigenvalue weighted by atomic mass is 10.1. The van der Waals surface area contributed by atoms with Gasteiger partial charge >= 0.3 is 0 Å². The van der Waals surface area contributed by atoms with E-state index in [-0.39, 0.29) is 5.56 Å². The van der Waals surface area contributed by atoms with Crippen molar-refractivity contribution in [3.05, 3.63) is 63.8 Å². The number of aromatic amines is 1. The molecule has 0 bridgehead atoms. The van der Waals surface area contributed by atoms with Crippen molar-refractivity contribution in [2.75, 3.05) is 0 Å². The van der Waals surface area contributed by atoms with Crippen molar-refractivity contribution in [1.82, 2.24) is 9.97 Å². The summed E-state index contributed by atoms with van der Waals surface area (Å²) in [5, 5.41) is 0. The first-order chi connectivity index (χ1) is 7.27. The molecule has 2 aromatic rings. The quantitative estimate of drug-likeness (QED) is 0.801. The smallest absolute Gasteiger partial charge is 0.253 e. The molecule has 15 heavy (non-hydrogen) atoms. The van der Waals surface area contributed by atoms with Crippen LogP contribution >= 0.6 is 0 Å². The Bertz CT molecular complexity index is 503. The summed E-state index contributed by atoms with van der Waals surface area (Å²) < 4.78 is 0. The number of H-pyrrole nitrogens is 1. The van der Waals surface area contributed by atoms with Gasteiger partial charge in [0.2, 0.25) is 0 Å². The highest BCUT2D eigenvalue weighted by molar-refractivity contribution is 5.24. The fourth-order valence-electron chi connectivity index (χ4n) is 1.47. The van der Waals surface area contributed by atoms with E-state index in [0.717, 1.165) is 5.69 Å². The van der Waals surface area contributed by atoms with Crippen LogP contribution in [0.1, 0.15) is 16.8 Å². The van der Waals surface area contributed by atoms with Crippen molar-refractivity contribution in [2.45, 2.75) is 13.3 Å². The molecule has 0 fully saturated rings. The Kier molecular flexibility index (Phi) is 2.63. The van der Waals surface area contributed by atoms with Crippen molar-refractivity contribution >= 4 is 0 Å². The maximum absolute atomic E-state index is 11.3. The molecule has 0 amide bonds. The van der Waals surface area contributed by atoms with Crippen LogP contribution in [0.2, 0.25) is 0 Å². The zero-order valence-corrected chi connectivity index (χ0v) is 8.53. The number of benzene rings is 1. The first-order valence-electron chi connectivity index (χ1n) is 4.84. The minimum Gasteiger partial charge on any atom is -0.313 e. The minimum absolute atomic E-state index is 0.0593. The molecule has 3 nitrogen and oxygen atoms in total. The molecule has 0 unspecified atom stereocenters. The van der Waals surface area contributed by atoms with E-state index in [9.17, 15) is 4.79 Å². The Morgan fingerprint density at radius 2 is 2.00 bits per heavy atom. The van der Waals surface area contributed by atoms with Crippen molar-refractivity contribution in [1.29, 1.82) is 0 Å². The van der Waals surface area contributed by atoms with E-state index in [2.05, 4.69) is 9.97 Å². The third-order valence-corrected chi connectivity index (χ3v) is 2.40. The van der Waals surface area contributed by atoms with Gasteiger partial charge in [-0.25, -0.2) is 4.98 Å². The highest BCUT2D eigenvalue weighted by Crippen LogP contribution is 2.07. The number of aromatic nitrogens is 2. The summed E-state index contributed by atoms with van der Waals surface area (Å²) in [5.74, 6) is 0. The maximum atomic E-state index is 11.3. The highest BCUT2D eigenvalue weighted by atomic mass is 16.1. The molecule has 0 spiro atoms. The van der Waals surface area contributed by atoms with Crippen LogP contribution in [0.15, 0.2) is 41.5 Å². The molecule has 0 atom stereocenters. The predicted octanol–water partition coefficient (Wildman–Crippen LogP) is 1.67. The number of rotatable bonds is 2. The third-order valence-electron chi connectivity index (χ3n) is 2.40. The Balaban J connectivity index is 2.33. The van der Waals surface area contributed by atoms with Crippen molar-refractivity contribution < 1.29 is 0 Å². The Morgan fingerprint density at radius 1 is 1.27 bits per heavy atom. The Labute approximate surface area is 87.8 Å². The van der Waals surface area contributed by atoms with Gasteiger partial charge < -0.3 is 4.98 Å². The first kappa shape index (κ1) is 9.65. The van der Waals surface area contributed by atoms with Crippen LogP contribution < -0.4 is 5.56 Å². The van der Waals surface area contributed by atoms with Crippen molar-refractivity contribution in [3.8, 4) is 0 Å². The topological polar surface area (TPSA) is 45.8 Å². The largest absolute Gasteiger partial charge is 0.313 e. The molecule has 0 aliphatic carbocycles. The molecule has 1 aromatic heterocycles. The fourth-order valence-corrected chi connectivity index (χ4v) is 1.47. The molecule has 76 valence electrons. The van der Waals surface area contributed by atoms with Gasteiger partial charge in [-0.15, -0.1) is 0 Å². The van der Waals surface area contributed by atoms with E-state index in [1.165, 1.54) is 11.9 Å². The van der Waals surface area contributed by atoms with Crippen LogP contribution in [0.4, 0.5) is 0 Å². The summed E-state index contributed by atoms with van der Waals surface area (Å²) in [4.78, 5) is 18.1. The van der Waals surface area contributed by atoms with Crippen LogP contribution in [0.5, 0.6) is 0 Å². The second kappa shape index (κ2) is 4.09. The van der Waals surface area contributed by atoms with Gasteiger partial charge in [0.05, 0.1) is 12.0 Å². The summed E-state index contributed by atoms with van der Waals surface area (Å²) >= 11 is 0. The number of nitrogens with one attached hydrogen (secondary N) is 1. The van der Waals surface area contributed by atoms with Crippen LogP contribution in [0.3, 0.4) is 0 Å². The van der Waals surface area contributed by atoms with Crippen LogP contribution in [0.25, 0.3) is 0 Å². The lowest BCUT2D eigenvalue weighted by Crippen LogP contribution is -2.13. The standard InChI is InChI=1S/C12H12N2O/c1-9-11(13-8-14-12(9)15)7-10-5-3-2-4-6-10/h2-6,8H,7H2,1H3,(H,13,14,15). The van der Waals surface area contributed by atoms with Crippen molar-refractivity contribution in [3.63, 3.8) is 0 Å². The zero-order valence-electron chi connectivity index (χ0n) is 8.53. The molecule has 0 radical (unpaired) electrons. The van der Waals surface area contributed by atoms with Crippen LogP contribution in [0, 0.1) is 6.92 Å². The highest BCUT2D eigenvalue weighted by Gasteiger charge is 2.03. The van der Waals surface area contributed by atoms with E-state index in [1.54, 1.807) is 6.92 Å². The van der Waals surface area contributed by atoms with Crippen LogP contribution in [-0.4, -0.2) is 9.97 Å². The van der Waals surface area contributed by atoms with E-state index < -0.39 is 0 Å². The molecule has 1 N–H and O–H groups in total. The van der Waals surface area contributed by atoms with Gasteiger partial charge in [0, 0.05) is 12.0 Å². The average Bonchev–Trinajstić information content (AvgIpc) is 2.26. The van der Waals surface area contributed by atoms with Gasteiger partial charge in [0.15, 0.2) is 0 Å². The molecule has 0 aliphatic rings. The summed E-state index contributed by atoms with van der Waals surface area (Å²) in [6.45, 7) is 1.80. The average molecular weight is 200 g/mol. The molecule has 0 saturated heterocycles. The summed E-state index contributed by atoms with van der Waals surface area (Å²) in [6, 6.07) is 10.0. The van der Waals surface area contributed by atoms with Gasteiger partial charge in [-0.2, -0.15) is 0 Å². The lowest BCUT2D eigenvalue weighted by Gasteiger charge is -2.02. The second-order valence-electron chi connectivity index (χ2n) is 3.47. The monoisotopic (exact) mass is 200 g/mol. The summed E-state index contributed by atoms with van der Waals surface area (Å²) in [5.41, 5.74) is 2.64. The molecule has 0 aliphatic heterocycles. The Hall–Kier alpha value is -1.90. The van der Waals surface area contributed by atoms with Gasteiger partial charge in [-0.1, -0.05) is 30.3 Å². The third kappa shape index (κ3) is 2.13. The molecule has 1 aromatic carbocycles. The van der Waals surface area contributed by atoms with E-state index in [1.807, 2.05) is 30.3 Å². The number of nitrogens with zero attached hydrogens (tertiary/aromatic N) is 1. The fraction of sp³-hybridized carbons (Fsp3) is 0.167. The number of hydrogen-bond donors (Lipinski definition) is 1. The molecule has 2 rings (SSSR count). The Morgan fingerprint density at radius 3 is 2.73 bits per heavy atom. The van der Waals surface area contributed by atoms with E-state index in [0.29, 0.717) is 12.0 Å². The first-order valence-corrected chi connectivity index (χ1v) is 4.84. The lowest BCUT2D eigenvalue weighted by molar-refractivity contribution is 0.969. The summed E-state index contributed by atoms with van der Waals surface area (Å²) in [7, 11) is 0. The normalized spacial score (nSPS) is 10.2. The number of hydrogen-bond acceptors (Lipinski definition) is 2. The van der Waals surface area contributed by atoms with Crippen LogP contribution in [-0.2, 0) is 6.42 Å². The molecule has 1 heterocycles. The maximum Gasteiger partial charge on any atom is 0.253 e. The molecular weight excluding hydrogens is 188 g/mol. The van der Waals surface area contributed by atoms with Crippen molar-refractivity contribution in [2.24, 2.45) is 0 Å². The van der Waals surface area contributed by atoms with Gasteiger partial charge in [-0.05, 0) is 12.5 Å². The predicted molar refractivity (Wildman–Crippen MR) is 58.8 cm³/mol. The zero-order chi connectivity index (χ0) is 10.7. The molecule has 3 heteroatoms. The van der Waals surface area contributed by atoms with E-state index >= 15 is 0 Å². The SMILES string of the molecule is Cc1c(Cc2ccccc2)nc[nH]c1=O. The van der Waals surface area contributed by atoms with Gasteiger partial charge in [0.25, 0.3) is 5.56 Å². The van der Waals surface area contributed by atoms with Gasteiger partial charge in [0.1, 0.15) is 0 Å². The second-order valence-corrected chi connectivity index (χ2v) is 3.47. The van der Waals surface area contributed by atoms with Gasteiger partial charge in [-0.3, -0.25) is 4.79 Å². The minimum atomic E-state index is -0.0593. The molecule has 0 saturated carbocycles. The van der Waals surface area contributed by atoms with E-state index in [4.69, 9.17) is 0 Å². The summed E-state index contributed by atoms with van der Waals surface area (Å²) in [6.07, 6.45) is 2.16.